The summed E-state index contributed by atoms with van der Waals surface area (Å²) in [6.07, 6.45) is 3.78. The molecule has 2 heterocycles. The van der Waals surface area contributed by atoms with Gasteiger partial charge in [-0.05, 0) is 24.8 Å². The number of nitrogens with zero attached hydrogens (tertiary/aromatic N) is 2. The molecule has 17 heavy (non-hydrogen) atoms. The molecule has 1 N–H and O–H groups in total. The van der Waals surface area contributed by atoms with Crippen molar-refractivity contribution in [3.05, 3.63) is 18.1 Å². The van der Waals surface area contributed by atoms with Crippen molar-refractivity contribution in [1.82, 2.24) is 4.98 Å². The Bertz CT molecular complexity index is 381. The molecule has 0 bridgehead atoms. The van der Waals surface area contributed by atoms with Crippen LogP contribution in [0.2, 0.25) is 0 Å². The summed E-state index contributed by atoms with van der Waals surface area (Å²) in [6.45, 7) is 6.89. The molecule has 94 valence electrons. The summed E-state index contributed by atoms with van der Waals surface area (Å²) in [4.78, 5) is 6.16. The Morgan fingerprint density at radius 2 is 2.41 bits per heavy atom. The fraction of sp³-hybridized carbons (Fsp3) is 0.615. The number of hydrogen-bond donors (Lipinski definition) is 1. The van der Waals surface area contributed by atoms with Gasteiger partial charge in [-0.25, -0.2) is 9.37 Å². The van der Waals surface area contributed by atoms with E-state index in [1.165, 1.54) is 0 Å². The van der Waals surface area contributed by atoms with E-state index >= 15 is 0 Å². The van der Waals surface area contributed by atoms with Crippen LogP contribution in [0.15, 0.2) is 12.3 Å². The van der Waals surface area contributed by atoms with E-state index in [0.717, 1.165) is 32.5 Å². The highest BCUT2D eigenvalue weighted by atomic mass is 19.1. The first-order chi connectivity index (χ1) is 8.22. The summed E-state index contributed by atoms with van der Waals surface area (Å²) in [5.41, 5.74) is 0.683. The average molecular weight is 237 g/mol. The van der Waals surface area contributed by atoms with E-state index in [9.17, 15) is 4.39 Å². The monoisotopic (exact) mass is 237 g/mol. The SMILES string of the molecule is CCCNc1nccc(N2CCC(C)C2)c1F. The van der Waals surface area contributed by atoms with E-state index in [-0.39, 0.29) is 5.82 Å². The van der Waals surface area contributed by atoms with Crippen molar-refractivity contribution < 1.29 is 4.39 Å². The van der Waals surface area contributed by atoms with Crippen LogP contribution >= 0.6 is 0 Å². The maximum Gasteiger partial charge on any atom is 0.188 e. The molecule has 2 rings (SSSR count). The first kappa shape index (κ1) is 12.1. The van der Waals surface area contributed by atoms with Crippen LogP contribution in [0.3, 0.4) is 0 Å². The lowest BCUT2D eigenvalue weighted by molar-refractivity contribution is 0.616. The Balaban J connectivity index is 2.17. The highest BCUT2D eigenvalue weighted by Crippen LogP contribution is 2.28. The Morgan fingerprint density at radius 3 is 3.06 bits per heavy atom. The minimum absolute atomic E-state index is 0.213. The lowest BCUT2D eigenvalue weighted by Crippen LogP contribution is -2.21. The lowest BCUT2D eigenvalue weighted by atomic mass is 10.2. The molecule has 4 heteroatoms. The van der Waals surface area contributed by atoms with Crippen molar-refractivity contribution in [3.63, 3.8) is 0 Å². The van der Waals surface area contributed by atoms with Crippen molar-refractivity contribution in [2.45, 2.75) is 26.7 Å². The molecular formula is C13H20FN3. The van der Waals surface area contributed by atoms with Gasteiger partial charge in [0.1, 0.15) is 0 Å². The summed E-state index contributed by atoms with van der Waals surface area (Å²) in [5, 5.41) is 3.02. The molecule has 0 saturated carbocycles. The van der Waals surface area contributed by atoms with Gasteiger partial charge in [-0.2, -0.15) is 0 Å². The summed E-state index contributed by atoms with van der Waals surface area (Å²) in [7, 11) is 0. The molecule has 3 nitrogen and oxygen atoms in total. The summed E-state index contributed by atoms with van der Waals surface area (Å²) in [5.74, 6) is 0.813. The number of anilines is 2. The predicted molar refractivity (Wildman–Crippen MR) is 69.0 cm³/mol. The molecule has 1 aromatic rings. The first-order valence-electron chi connectivity index (χ1n) is 6.35. The minimum atomic E-state index is -0.213. The number of hydrogen-bond acceptors (Lipinski definition) is 3. The van der Waals surface area contributed by atoms with Gasteiger partial charge in [-0.15, -0.1) is 0 Å². The van der Waals surface area contributed by atoms with Crippen molar-refractivity contribution in [1.29, 1.82) is 0 Å². The summed E-state index contributed by atoms with van der Waals surface area (Å²) in [6, 6.07) is 1.77. The number of rotatable bonds is 4. The van der Waals surface area contributed by atoms with Crippen LogP contribution in [0.25, 0.3) is 0 Å². The van der Waals surface area contributed by atoms with Crippen LogP contribution in [0.4, 0.5) is 15.9 Å². The zero-order valence-corrected chi connectivity index (χ0v) is 10.5. The fourth-order valence-corrected chi connectivity index (χ4v) is 2.20. The Labute approximate surface area is 102 Å². The van der Waals surface area contributed by atoms with E-state index in [1.54, 1.807) is 12.3 Å². The van der Waals surface area contributed by atoms with E-state index in [4.69, 9.17) is 0 Å². The standard InChI is InChI=1S/C13H20FN3/c1-3-6-15-13-12(14)11(4-7-16-13)17-8-5-10(2)9-17/h4,7,10H,3,5-6,8-9H2,1-2H3,(H,15,16). The molecule has 1 atom stereocenters. The molecule has 1 unspecified atom stereocenters. The minimum Gasteiger partial charge on any atom is -0.369 e. The van der Waals surface area contributed by atoms with Gasteiger partial charge >= 0.3 is 0 Å². The van der Waals surface area contributed by atoms with Crippen molar-refractivity contribution in [2.75, 3.05) is 29.9 Å². The van der Waals surface area contributed by atoms with Crippen molar-refractivity contribution in [3.8, 4) is 0 Å². The highest BCUT2D eigenvalue weighted by Gasteiger charge is 2.22. The number of pyridine rings is 1. The quantitative estimate of drug-likeness (QED) is 0.872. The normalized spacial score (nSPS) is 19.7. The largest absolute Gasteiger partial charge is 0.369 e. The van der Waals surface area contributed by atoms with E-state index < -0.39 is 0 Å². The molecule has 1 aliphatic rings. The van der Waals surface area contributed by atoms with Crippen molar-refractivity contribution in [2.24, 2.45) is 5.92 Å². The fourth-order valence-electron chi connectivity index (χ4n) is 2.20. The molecule has 0 radical (unpaired) electrons. The van der Waals surface area contributed by atoms with Crippen LogP contribution in [-0.2, 0) is 0 Å². The molecule has 0 amide bonds. The van der Waals surface area contributed by atoms with E-state index in [0.29, 0.717) is 17.4 Å². The van der Waals surface area contributed by atoms with Gasteiger partial charge in [-0.1, -0.05) is 13.8 Å². The van der Waals surface area contributed by atoms with Crippen molar-refractivity contribution >= 4 is 11.5 Å². The van der Waals surface area contributed by atoms with E-state index in [1.807, 2.05) is 0 Å². The maximum atomic E-state index is 14.2. The Kier molecular flexibility index (Phi) is 3.82. The molecular weight excluding hydrogens is 217 g/mol. The molecule has 0 aromatic carbocycles. The van der Waals surface area contributed by atoms with Crippen LogP contribution < -0.4 is 10.2 Å². The molecule has 1 fully saturated rings. The first-order valence-corrected chi connectivity index (χ1v) is 6.35. The van der Waals surface area contributed by atoms with Crippen LogP contribution in [0, 0.1) is 11.7 Å². The average Bonchev–Trinajstić information content (AvgIpc) is 2.74. The second-order valence-electron chi connectivity index (χ2n) is 4.76. The van der Waals surface area contributed by atoms with Crippen LogP contribution in [-0.4, -0.2) is 24.6 Å². The molecule has 1 saturated heterocycles. The second kappa shape index (κ2) is 5.34. The third-order valence-electron chi connectivity index (χ3n) is 3.18. The highest BCUT2D eigenvalue weighted by molar-refractivity contribution is 5.56. The van der Waals surface area contributed by atoms with Gasteiger partial charge in [0, 0.05) is 25.8 Å². The molecule has 1 aromatic heterocycles. The lowest BCUT2D eigenvalue weighted by Gasteiger charge is -2.20. The van der Waals surface area contributed by atoms with Gasteiger partial charge in [0.25, 0.3) is 0 Å². The molecule has 1 aliphatic heterocycles. The van der Waals surface area contributed by atoms with Gasteiger partial charge in [0.15, 0.2) is 11.6 Å². The van der Waals surface area contributed by atoms with Gasteiger partial charge in [-0.3, -0.25) is 0 Å². The van der Waals surface area contributed by atoms with Crippen LogP contribution in [0.1, 0.15) is 26.7 Å². The number of halogens is 1. The van der Waals surface area contributed by atoms with Gasteiger partial charge < -0.3 is 10.2 Å². The van der Waals surface area contributed by atoms with Gasteiger partial charge in [0.05, 0.1) is 5.69 Å². The zero-order valence-electron chi connectivity index (χ0n) is 10.5. The summed E-state index contributed by atoms with van der Waals surface area (Å²) < 4.78 is 14.2. The Morgan fingerprint density at radius 1 is 1.59 bits per heavy atom. The van der Waals surface area contributed by atoms with Gasteiger partial charge in [0.2, 0.25) is 0 Å². The topological polar surface area (TPSA) is 28.2 Å². The third-order valence-corrected chi connectivity index (χ3v) is 3.18. The maximum absolute atomic E-state index is 14.2. The van der Waals surface area contributed by atoms with E-state index in [2.05, 4.69) is 29.0 Å². The Hall–Kier alpha value is -1.32. The molecule has 0 spiro atoms. The smallest absolute Gasteiger partial charge is 0.188 e. The van der Waals surface area contributed by atoms with Crippen LogP contribution in [0.5, 0.6) is 0 Å². The number of aromatic nitrogens is 1. The predicted octanol–water partition coefficient (Wildman–Crippen LogP) is 2.89. The zero-order chi connectivity index (χ0) is 12.3. The summed E-state index contributed by atoms with van der Waals surface area (Å²) >= 11 is 0. The number of nitrogens with one attached hydrogen (secondary N) is 1. The molecule has 0 aliphatic carbocycles. The second-order valence-corrected chi connectivity index (χ2v) is 4.76. The third kappa shape index (κ3) is 2.68.